The van der Waals surface area contributed by atoms with Crippen molar-refractivity contribution in [2.75, 3.05) is 0 Å². The van der Waals surface area contributed by atoms with Crippen LogP contribution in [0.25, 0.3) is 5.65 Å². The Kier molecular flexibility index (Phi) is 1.40. The molecule has 0 N–H and O–H groups in total. The Bertz CT molecular complexity index is 431. The van der Waals surface area contributed by atoms with Gasteiger partial charge in [-0.15, -0.1) is 0 Å². The molecule has 2 rings (SSSR count). The Morgan fingerprint density at radius 1 is 1.42 bits per heavy atom. The molecule has 0 aliphatic carbocycles. The van der Waals surface area contributed by atoms with Crippen LogP contribution in [0.1, 0.15) is 11.4 Å². The van der Waals surface area contributed by atoms with Gasteiger partial charge in [-0.1, -0.05) is 0 Å². The molecule has 0 bridgehead atoms. The summed E-state index contributed by atoms with van der Waals surface area (Å²) in [5, 5.41) is 0. The zero-order valence-corrected chi connectivity index (χ0v) is 7.00. The molecule has 0 fully saturated rings. The number of hydrogen-bond acceptors (Lipinski definition) is 1. The van der Waals surface area contributed by atoms with E-state index in [1.54, 1.807) is 6.20 Å². The Labute approximate surface area is 69.7 Å². The van der Waals surface area contributed by atoms with Gasteiger partial charge in [0.1, 0.15) is 11.5 Å². The van der Waals surface area contributed by atoms with Crippen LogP contribution in [0, 0.1) is 19.7 Å². The van der Waals surface area contributed by atoms with Gasteiger partial charge in [0.25, 0.3) is 0 Å². The maximum atomic E-state index is 12.7. The lowest BCUT2D eigenvalue weighted by Crippen LogP contribution is -1.87. The quantitative estimate of drug-likeness (QED) is 0.582. The van der Waals surface area contributed by atoms with E-state index in [9.17, 15) is 4.39 Å². The van der Waals surface area contributed by atoms with Gasteiger partial charge in [-0.3, -0.25) is 0 Å². The predicted octanol–water partition coefficient (Wildman–Crippen LogP) is 2.09. The molecular formula is C9H9FN2. The first-order chi connectivity index (χ1) is 5.68. The van der Waals surface area contributed by atoms with Gasteiger partial charge in [-0.05, 0) is 19.9 Å². The van der Waals surface area contributed by atoms with Gasteiger partial charge in [-0.2, -0.15) is 0 Å². The SMILES string of the molecule is Cc1nc2cc(F)ccn2c1C. The second-order valence-corrected chi connectivity index (χ2v) is 2.86. The number of halogens is 1. The van der Waals surface area contributed by atoms with E-state index in [0.29, 0.717) is 5.65 Å². The highest BCUT2D eigenvalue weighted by atomic mass is 19.1. The van der Waals surface area contributed by atoms with Crippen molar-refractivity contribution in [1.82, 2.24) is 9.38 Å². The summed E-state index contributed by atoms with van der Waals surface area (Å²) < 4.78 is 14.6. The van der Waals surface area contributed by atoms with Gasteiger partial charge in [0.15, 0.2) is 0 Å². The van der Waals surface area contributed by atoms with Crippen LogP contribution in [0.3, 0.4) is 0 Å². The third kappa shape index (κ3) is 0.897. The zero-order chi connectivity index (χ0) is 8.72. The molecule has 62 valence electrons. The summed E-state index contributed by atoms with van der Waals surface area (Å²) in [5.74, 6) is -0.243. The van der Waals surface area contributed by atoms with Gasteiger partial charge >= 0.3 is 0 Å². The highest BCUT2D eigenvalue weighted by molar-refractivity contribution is 5.42. The number of hydrogen-bond donors (Lipinski definition) is 0. The lowest BCUT2D eigenvalue weighted by atomic mass is 10.4. The zero-order valence-electron chi connectivity index (χ0n) is 7.00. The fourth-order valence-corrected chi connectivity index (χ4v) is 1.26. The van der Waals surface area contributed by atoms with Crippen molar-refractivity contribution in [1.29, 1.82) is 0 Å². The maximum Gasteiger partial charge on any atom is 0.140 e. The molecule has 2 heterocycles. The summed E-state index contributed by atoms with van der Waals surface area (Å²) in [6.45, 7) is 3.88. The van der Waals surface area contributed by atoms with Crippen LogP contribution in [-0.2, 0) is 0 Å². The highest BCUT2D eigenvalue weighted by Gasteiger charge is 2.03. The first kappa shape index (κ1) is 7.28. The second-order valence-electron chi connectivity index (χ2n) is 2.86. The smallest absolute Gasteiger partial charge is 0.140 e. The van der Waals surface area contributed by atoms with Crippen molar-refractivity contribution in [2.45, 2.75) is 13.8 Å². The van der Waals surface area contributed by atoms with Gasteiger partial charge in [0.05, 0.1) is 5.69 Å². The number of imidazole rings is 1. The highest BCUT2D eigenvalue weighted by Crippen LogP contribution is 2.11. The molecule has 0 aliphatic rings. The number of aryl methyl sites for hydroxylation is 2. The largest absolute Gasteiger partial charge is 0.304 e. The monoisotopic (exact) mass is 164 g/mol. The van der Waals surface area contributed by atoms with Crippen LogP contribution in [-0.4, -0.2) is 9.38 Å². The molecule has 2 aromatic heterocycles. The predicted molar refractivity (Wildman–Crippen MR) is 44.6 cm³/mol. The third-order valence-electron chi connectivity index (χ3n) is 2.06. The van der Waals surface area contributed by atoms with Gasteiger partial charge in [-0.25, -0.2) is 9.37 Å². The number of fused-ring (bicyclic) bond motifs is 1. The van der Waals surface area contributed by atoms with Crippen LogP contribution in [0.2, 0.25) is 0 Å². The third-order valence-corrected chi connectivity index (χ3v) is 2.06. The summed E-state index contributed by atoms with van der Waals surface area (Å²) in [6.07, 6.45) is 1.69. The summed E-state index contributed by atoms with van der Waals surface area (Å²) in [5.41, 5.74) is 2.68. The van der Waals surface area contributed by atoms with E-state index in [0.717, 1.165) is 11.4 Å². The van der Waals surface area contributed by atoms with E-state index in [2.05, 4.69) is 4.98 Å². The van der Waals surface area contributed by atoms with Crippen molar-refractivity contribution in [2.24, 2.45) is 0 Å². The molecule has 2 aromatic rings. The Balaban J connectivity index is 2.87. The summed E-state index contributed by atoms with van der Waals surface area (Å²) in [4.78, 5) is 4.20. The first-order valence-corrected chi connectivity index (χ1v) is 3.79. The van der Waals surface area contributed by atoms with Crippen molar-refractivity contribution >= 4 is 5.65 Å². The van der Waals surface area contributed by atoms with Crippen molar-refractivity contribution in [3.8, 4) is 0 Å². The second kappa shape index (κ2) is 2.30. The number of rotatable bonds is 0. The minimum absolute atomic E-state index is 0.243. The van der Waals surface area contributed by atoms with Gasteiger partial charge in [0, 0.05) is 18.0 Å². The molecule has 0 aromatic carbocycles. The van der Waals surface area contributed by atoms with Crippen molar-refractivity contribution < 1.29 is 4.39 Å². The molecular weight excluding hydrogens is 155 g/mol. The summed E-state index contributed by atoms with van der Waals surface area (Å²) in [7, 11) is 0. The topological polar surface area (TPSA) is 17.3 Å². The molecule has 0 amide bonds. The maximum absolute atomic E-state index is 12.7. The fraction of sp³-hybridized carbons (Fsp3) is 0.222. The van der Waals surface area contributed by atoms with Gasteiger partial charge < -0.3 is 4.40 Å². The van der Waals surface area contributed by atoms with E-state index in [-0.39, 0.29) is 5.82 Å². The normalized spacial score (nSPS) is 10.9. The Hall–Kier alpha value is -1.38. The standard InChI is InChI=1S/C9H9FN2/c1-6-7(2)12-4-3-8(10)5-9(12)11-6/h3-5H,1-2H3. The van der Waals surface area contributed by atoms with E-state index in [1.807, 2.05) is 18.2 Å². The number of nitrogens with zero attached hydrogens (tertiary/aromatic N) is 2. The van der Waals surface area contributed by atoms with Crippen LogP contribution < -0.4 is 0 Å². The molecule has 2 nitrogen and oxygen atoms in total. The minimum Gasteiger partial charge on any atom is -0.304 e. The van der Waals surface area contributed by atoms with Crippen molar-refractivity contribution in [3.05, 3.63) is 35.5 Å². The molecule has 0 aliphatic heterocycles. The molecule has 12 heavy (non-hydrogen) atoms. The number of pyridine rings is 1. The summed E-state index contributed by atoms with van der Waals surface area (Å²) >= 11 is 0. The Morgan fingerprint density at radius 2 is 2.17 bits per heavy atom. The molecule has 3 heteroatoms. The van der Waals surface area contributed by atoms with E-state index in [1.165, 1.54) is 12.1 Å². The van der Waals surface area contributed by atoms with Crippen LogP contribution in [0.4, 0.5) is 4.39 Å². The average Bonchev–Trinajstić information content (AvgIpc) is 2.28. The first-order valence-electron chi connectivity index (χ1n) is 3.79. The average molecular weight is 164 g/mol. The molecule has 0 atom stereocenters. The van der Waals surface area contributed by atoms with Crippen LogP contribution in [0.5, 0.6) is 0 Å². The molecule has 0 saturated heterocycles. The Morgan fingerprint density at radius 3 is 2.92 bits per heavy atom. The van der Waals surface area contributed by atoms with Crippen molar-refractivity contribution in [3.63, 3.8) is 0 Å². The lowest BCUT2D eigenvalue weighted by Gasteiger charge is -1.94. The van der Waals surface area contributed by atoms with Crippen LogP contribution in [0.15, 0.2) is 18.3 Å². The fourth-order valence-electron chi connectivity index (χ4n) is 1.26. The molecule has 0 spiro atoms. The molecule has 0 saturated carbocycles. The van der Waals surface area contributed by atoms with Gasteiger partial charge in [0.2, 0.25) is 0 Å². The summed E-state index contributed by atoms with van der Waals surface area (Å²) in [6, 6.07) is 2.86. The van der Waals surface area contributed by atoms with E-state index < -0.39 is 0 Å². The molecule has 0 unspecified atom stereocenters. The number of aromatic nitrogens is 2. The lowest BCUT2D eigenvalue weighted by molar-refractivity contribution is 0.626. The van der Waals surface area contributed by atoms with E-state index >= 15 is 0 Å². The molecule has 0 radical (unpaired) electrons. The minimum atomic E-state index is -0.243. The van der Waals surface area contributed by atoms with E-state index in [4.69, 9.17) is 0 Å². The van der Waals surface area contributed by atoms with Crippen LogP contribution >= 0.6 is 0 Å².